The summed E-state index contributed by atoms with van der Waals surface area (Å²) in [5, 5.41) is 3.46. The lowest BCUT2D eigenvalue weighted by Gasteiger charge is -2.20. The number of hydrogen-bond acceptors (Lipinski definition) is 4. The summed E-state index contributed by atoms with van der Waals surface area (Å²) in [5.41, 5.74) is 0. The Morgan fingerprint density at radius 3 is 3.20 bits per heavy atom. The van der Waals surface area contributed by atoms with Gasteiger partial charge in [0.15, 0.2) is 0 Å². The second-order valence-corrected chi connectivity index (χ2v) is 5.78. The third kappa shape index (κ3) is 3.17. The van der Waals surface area contributed by atoms with Gasteiger partial charge in [0.2, 0.25) is 0 Å². The molecular weight excluding hydrogens is 230 g/mol. The summed E-state index contributed by atoms with van der Waals surface area (Å²) in [7, 11) is 0. The van der Waals surface area contributed by atoms with Gasteiger partial charge in [-0.15, -0.1) is 0 Å². The predicted molar refractivity (Wildman–Crippen MR) is 64.6 cm³/mol. The van der Waals surface area contributed by atoms with Gasteiger partial charge < -0.3 is 5.32 Å². The molecule has 0 aromatic carbocycles. The monoisotopic (exact) mass is 243 g/mol. The third-order valence-electron chi connectivity index (χ3n) is 2.10. The Kier molecular flexibility index (Phi) is 3.96. The summed E-state index contributed by atoms with van der Waals surface area (Å²) in [6.07, 6.45) is 4.76. The highest BCUT2D eigenvalue weighted by molar-refractivity contribution is 8.06. The van der Waals surface area contributed by atoms with Gasteiger partial charge in [0.1, 0.15) is 6.33 Å². The Hall–Kier alpha value is -0.620. The average Bonchev–Trinajstić information content (AvgIpc) is 2.81. The van der Waals surface area contributed by atoms with Crippen LogP contribution in [-0.2, 0) is 0 Å². The van der Waals surface area contributed by atoms with Gasteiger partial charge in [-0.05, 0) is 0 Å². The molecule has 1 aliphatic heterocycles. The van der Waals surface area contributed by atoms with Crippen LogP contribution >= 0.6 is 23.5 Å². The van der Waals surface area contributed by atoms with Crippen LogP contribution in [0.15, 0.2) is 18.7 Å². The topological polar surface area (TPSA) is 46.9 Å². The lowest BCUT2D eigenvalue weighted by molar-refractivity contribution is 0.242. The molecule has 0 saturated carbocycles. The molecule has 1 aromatic heterocycles. The summed E-state index contributed by atoms with van der Waals surface area (Å²) in [6, 6.07) is -0.0938. The van der Waals surface area contributed by atoms with Gasteiger partial charge in [-0.25, -0.2) is 9.78 Å². The molecule has 4 nitrogen and oxygen atoms in total. The van der Waals surface area contributed by atoms with Crippen LogP contribution in [0.5, 0.6) is 0 Å². The average molecular weight is 243 g/mol. The second kappa shape index (κ2) is 5.46. The number of aromatic nitrogens is 2. The number of amides is 1. The van der Waals surface area contributed by atoms with E-state index in [9.17, 15) is 4.79 Å². The quantitative estimate of drug-likeness (QED) is 0.850. The van der Waals surface area contributed by atoms with Crippen molar-refractivity contribution in [2.45, 2.75) is 5.25 Å². The van der Waals surface area contributed by atoms with Crippen molar-refractivity contribution in [3.8, 4) is 0 Å². The van der Waals surface area contributed by atoms with Gasteiger partial charge in [-0.1, -0.05) is 0 Å². The molecule has 1 fully saturated rings. The van der Waals surface area contributed by atoms with Crippen molar-refractivity contribution in [2.24, 2.45) is 0 Å². The molecular formula is C9H13N3OS2. The zero-order valence-electron chi connectivity index (χ0n) is 8.26. The molecule has 2 heterocycles. The van der Waals surface area contributed by atoms with E-state index >= 15 is 0 Å². The summed E-state index contributed by atoms with van der Waals surface area (Å²) in [4.78, 5) is 15.4. The summed E-state index contributed by atoms with van der Waals surface area (Å²) in [5.74, 6) is 3.56. The number of hydrogen-bond donors (Lipinski definition) is 1. The third-order valence-corrected chi connectivity index (χ3v) is 4.95. The molecule has 1 N–H and O–H groups in total. The molecule has 1 aliphatic rings. The molecule has 0 bridgehead atoms. The van der Waals surface area contributed by atoms with Gasteiger partial charge in [0.05, 0.1) is 0 Å². The van der Waals surface area contributed by atoms with Gasteiger partial charge in [-0.3, -0.25) is 4.57 Å². The first kappa shape index (κ1) is 10.9. The Bertz CT molecular complexity index is 309. The van der Waals surface area contributed by atoms with E-state index in [0.29, 0.717) is 5.25 Å². The molecule has 15 heavy (non-hydrogen) atoms. The molecule has 1 atom stereocenters. The van der Waals surface area contributed by atoms with Crippen LogP contribution in [0.1, 0.15) is 0 Å². The number of rotatable bonds is 2. The first-order chi connectivity index (χ1) is 7.36. The summed E-state index contributed by atoms with van der Waals surface area (Å²) < 4.78 is 1.46. The number of nitrogens with zero attached hydrogens (tertiary/aromatic N) is 2. The first-order valence-corrected chi connectivity index (χ1v) is 7.02. The normalized spacial score (nSPS) is 21.2. The van der Waals surface area contributed by atoms with E-state index < -0.39 is 0 Å². The Balaban J connectivity index is 1.75. The molecule has 1 aromatic rings. The van der Waals surface area contributed by atoms with Gasteiger partial charge in [0.25, 0.3) is 0 Å². The second-order valence-electron chi connectivity index (χ2n) is 3.22. The molecule has 82 valence electrons. The van der Waals surface area contributed by atoms with Crippen LogP contribution in [0.4, 0.5) is 4.79 Å². The van der Waals surface area contributed by atoms with Crippen LogP contribution < -0.4 is 5.32 Å². The molecule has 2 rings (SSSR count). The number of thioether (sulfide) groups is 2. The van der Waals surface area contributed by atoms with E-state index in [0.717, 1.165) is 12.3 Å². The molecule has 0 spiro atoms. The lowest BCUT2D eigenvalue weighted by Crippen LogP contribution is -2.35. The number of nitrogens with one attached hydrogen (secondary N) is 1. The maximum Gasteiger partial charge on any atom is 0.326 e. The van der Waals surface area contributed by atoms with Crippen molar-refractivity contribution >= 4 is 29.6 Å². The minimum atomic E-state index is -0.0938. The van der Waals surface area contributed by atoms with Crippen molar-refractivity contribution < 1.29 is 4.79 Å². The number of carbonyl (C=O) groups excluding carboxylic acids is 1. The Labute approximate surface area is 97.2 Å². The van der Waals surface area contributed by atoms with E-state index in [-0.39, 0.29) is 6.03 Å². The zero-order valence-corrected chi connectivity index (χ0v) is 9.89. The Morgan fingerprint density at radius 1 is 1.60 bits per heavy atom. The minimum Gasteiger partial charge on any atom is -0.336 e. The number of carbonyl (C=O) groups is 1. The molecule has 1 saturated heterocycles. The molecule has 6 heteroatoms. The van der Waals surface area contributed by atoms with Crippen LogP contribution in [-0.4, -0.2) is 44.6 Å². The van der Waals surface area contributed by atoms with Gasteiger partial charge in [-0.2, -0.15) is 23.5 Å². The Morgan fingerprint density at radius 2 is 2.53 bits per heavy atom. The maximum absolute atomic E-state index is 11.5. The fourth-order valence-electron chi connectivity index (χ4n) is 1.33. The fourth-order valence-corrected chi connectivity index (χ4v) is 3.94. The largest absolute Gasteiger partial charge is 0.336 e. The molecule has 1 unspecified atom stereocenters. The SMILES string of the molecule is O=C(NCC1CSCCS1)n1ccnc1. The fraction of sp³-hybridized carbons (Fsp3) is 0.556. The van der Waals surface area contributed by atoms with Crippen molar-refractivity contribution in [2.75, 3.05) is 23.8 Å². The smallest absolute Gasteiger partial charge is 0.326 e. The number of imidazole rings is 1. The van der Waals surface area contributed by atoms with E-state index in [1.165, 1.54) is 22.4 Å². The maximum atomic E-state index is 11.5. The highest BCUT2D eigenvalue weighted by Gasteiger charge is 2.15. The van der Waals surface area contributed by atoms with Crippen LogP contribution in [0, 0.1) is 0 Å². The van der Waals surface area contributed by atoms with Crippen molar-refractivity contribution in [1.82, 2.24) is 14.9 Å². The summed E-state index contributed by atoms with van der Waals surface area (Å²) >= 11 is 3.90. The molecule has 0 aliphatic carbocycles. The highest BCUT2D eigenvalue weighted by Crippen LogP contribution is 2.23. The van der Waals surface area contributed by atoms with E-state index in [1.54, 1.807) is 12.4 Å². The van der Waals surface area contributed by atoms with E-state index in [2.05, 4.69) is 10.3 Å². The summed E-state index contributed by atoms with van der Waals surface area (Å²) in [6.45, 7) is 0.745. The molecule has 0 radical (unpaired) electrons. The van der Waals surface area contributed by atoms with Crippen molar-refractivity contribution in [3.05, 3.63) is 18.7 Å². The van der Waals surface area contributed by atoms with Gasteiger partial charge >= 0.3 is 6.03 Å². The van der Waals surface area contributed by atoms with Gasteiger partial charge in [0, 0.05) is 41.4 Å². The minimum absolute atomic E-state index is 0.0938. The van der Waals surface area contributed by atoms with E-state index in [1.807, 2.05) is 23.5 Å². The highest BCUT2D eigenvalue weighted by atomic mass is 32.2. The first-order valence-electron chi connectivity index (χ1n) is 4.82. The molecule has 1 amide bonds. The van der Waals surface area contributed by atoms with Crippen LogP contribution in [0.3, 0.4) is 0 Å². The van der Waals surface area contributed by atoms with Crippen molar-refractivity contribution in [3.63, 3.8) is 0 Å². The van der Waals surface area contributed by atoms with E-state index in [4.69, 9.17) is 0 Å². The van der Waals surface area contributed by atoms with Crippen molar-refractivity contribution in [1.29, 1.82) is 0 Å². The zero-order chi connectivity index (χ0) is 10.5. The standard InChI is InChI=1S/C9H13N3OS2/c13-9(12-2-1-10-7-12)11-5-8-6-14-3-4-15-8/h1-2,7-8H,3-6H2,(H,11,13). The van der Waals surface area contributed by atoms with Crippen LogP contribution in [0.2, 0.25) is 0 Å². The lowest BCUT2D eigenvalue weighted by atomic mass is 10.5. The predicted octanol–water partition coefficient (Wildman–Crippen LogP) is 1.29. The van der Waals surface area contributed by atoms with Crippen LogP contribution in [0.25, 0.3) is 0 Å².